The fraction of sp³-hybridized carbons (Fsp3) is 0.294. The van der Waals surface area contributed by atoms with Crippen molar-refractivity contribution >= 4 is 10.8 Å². The Kier molecular flexibility index (Phi) is 8.74. The SMILES string of the molecule is CCCCCCCc1ccc2cc(C#Cc3ccc(CCc4ccc(C)cc4)cc3)ccc2c1F. The first-order valence-electron chi connectivity index (χ1n) is 13.0. The van der Waals surface area contributed by atoms with Crippen LogP contribution in [0.1, 0.15) is 72.4 Å². The molecule has 4 aromatic rings. The van der Waals surface area contributed by atoms with E-state index in [9.17, 15) is 0 Å². The van der Waals surface area contributed by atoms with Crippen LogP contribution in [0.2, 0.25) is 0 Å². The molecule has 0 amide bonds. The molecule has 0 aliphatic heterocycles. The molecule has 0 heterocycles. The normalized spacial score (nSPS) is 10.8. The highest BCUT2D eigenvalue weighted by Gasteiger charge is 2.07. The van der Waals surface area contributed by atoms with Crippen LogP contribution in [0.4, 0.5) is 4.39 Å². The maximum absolute atomic E-state index is 15.0. The Morgan fingerprint density at radius 2 is 1.26 bits per heavy atom. The average Bonchev–Trinajstić information content (AvgIpc) is 2.89. The molecule has 0 radical (unpaired) electrons. The molecule has 35 heavy (non-hydrogen) atoms. The maximum atomic E-state index is 15.0. The molecule has 0 atom stereocenters. The first-order chi connectivity index (χ1) is 17.1. The number of hydrogen-bond acceptors (Lipinski definition) is 0. The fourth-order valence-electron chi connectivity index (χ4n) is 4.47. The molecule has 0 saturated carbocycles. The van der Waals surface area contributed by atoms with E-state index in [4.69, 9.17) is 0 Å². The first-order valence-corrected chi connectivity index (χ1v) is 13.0. The van der Waals surface area contributed by atoms with Crippen LogP contribution in [0.5, 0.6) is 0 Å². The number of hydrogen-bond donors (Lipinski definition) is 0. The van der Waals surface area contributed by atoms with Crippen LogP contribution < -0.4 is 0 Å². The van der Waals surface area contributed by atoms with E-state index in [1.54, 1.807) is 0 Å². The number of rotatable bonds is 9. The second kappa shape index (κ2) is 12.4. The molecule has 0 unspecified atom stereocenters. The maximum Gasteiger partial charge on any atom is 0.134 e. The molecule has 0 saturated heterocycles. The van der Waals surface area contributed by atoms with Crippen LogP contribution in [0.15, 0.2) is 78.9 Å². The van der Waals surface area contributed by atoms with Gasteiger partial charge in [-0.3, -0.25) is 0 Å². The summed E-state index contributed by atoms with van der Waals surface area (Å²) in [6.45, 7) is 4.33. The molecular weight excluding hydrogens is 427 g/mol. The van der Waals surface area contributed by atoms with E-state index in [1.165, 1.54) is 42.4 Å². The summed E-state index contributed by atoms with van der Waals surface area (Å²) in [5, 5.41) is 1.61. The Hall–Kier alpha value is -3.37. The van der Waals surface area contributed by atoms with Crippen molar-refractivity contribution in [3.05, 3.63) is 118 Å². The Bertz CT molecular complexity index is 1300. The minimum atomic E-state index is -0.0706. The molecule has 1 heteroatoms. The molecule has 0 aliphatic rings. The molecule has 0 fully saturated rings. The lowest BCUT2D eigenvalue weighted by Gasteiger charge is -2.07. The van der Waals surface area contributed by atoms with Crippen molar-refractivity contribution in [1.82, 2.24) is 0 Å². The molecule has 178 valence electrons. The van der Waals surface area contributed by atoms with Gasteiger partial charge in [-0.25, -0.2) is 4.39 Å². The average molecular weight is 463 g/mol. The minimum Gasteiger partial charge on any atom is -0.206 e. The number of aryl methyl sites for hydroxylation is 4. The van der Waals surface area contributed by atoms with Gasteiger partial charge in [-0.15, -0.1) is 0 Å². The van der Waals surface area contributed by atoms with Gasteiger partial charge >= 0.3 is 0 Å². The molecule has 0 nitrogen and oxygen atoms in total. The third-order valence-electron chi connectivity index (χ3n) is 6.71. The predicted molar refractivity (Wildman–Crippen MR) is 147 cm³/mol. The van der Waals surface area contributed by atoms with Gasteiger partial charge in [0, 0.05) is 16.5 Å². The van der Waals surface area contributed by atoms with Crippen molar-refractivity contribution in [2.45, 2.75) is 65.2 Å². The van der Waals surface area contributed by atoms with Crippen LogP contribution in [-0.2, 0) is 19.3 Å². The van der Waals surface area contributed by atoms with E-state index in [0.717, 1.165) is 47.8 Å². The summed E-state index contributed by atoms with van der Waals surface area (Å²) >= 11 is 0. The topological polar surface area (TPSA) is 0 Å². The van der Waals surface area contributed by atoms with Gasteiger partial charge in [0.15, 0.2) is 0 Å². The second-order valence-electron chi connectivity index (χ2n) is 9.57. The quantitative estimate of drug-likeness (QED) is 0.172. The molecule has 0 bridgehead atoms. The van der Waals surface area contributed by atoms with Crippen molar-refractivity contribution in [3.63, 3.8) is 0 Å². The molecule has 0 aliphatic carbocycles. The number of unbranched alkanes of at least 4 members (excludes halogenated alkanes) is 4. The minimum absolute atomic E-state index is 0.0706. The number of halogens is 1. The lowest BCUT2D eigenvalue weighted by molar-refractivity contribution is 0.595. The summed E-state index contributed by atoms with van der Waals surface area (Å²) in [5.74, 6) is 6.44. The largest absolute Gasteiger partial charge is 0.206 e. The van der Waals surface area contributed by atoms with Gasteiger partial charge in [0.2, 0.25) is 0 Å². The molecule has 4 rings (SSSR count). The van der Waals surface area contributed by atoms with Gasteiger partial charge in [-0.1, -0.05) is 105 Å². The van der Waals surface area contributed by atoms with Crippen LogP contribution in [0.25, 0.3) is 10.8 Å². The van der Waals surface area contributed by atoms with E-state index in [-0.39, 0.29) is 5.82 Å². The van der Waals surface area contributed by atoms with Crippen LogP contribution >= 0.6 is 0 Å². The highest BCUT2D eigenvalue weighted by molar-refractivity contribution is 5.85. The molecule has 0 aromatic heterocycles. The summed E-state index contributed by atoms with van der Waals surface area (Å²) < 4.78 is 15.0. The molecule has 4 aromatic carbocycles. The zero-order chi connectivity index (χ0) is 24.5. The number of benzene rings is 4. The Morgan fingerprint density at radius 3 is 1.97 bits per heavy atom. The smallest absolute Gasteiger partial charge is 0.134 e. The monoisotopic (exact) mass is 462 g/mol. The first kappa shape index (κ1) is 24.7. The zero-order valence-corrected chi connectivity index (χ0v) is 21.0. The lowest BCUT2D eigenvalue weighted by Crippen LogP contribution is -1.93. The highest BCUT2D eigenvalue weighted by atomic mass is 19.1. The fourth-order valence-corrected chi connectivity index (χ4v) is 4.47. The van der Waals surface area contributed by atoms with Crippen LogP contribution in [-0.4, -0.2) is 0 Å². The summed E-state index contributed by atoms with van der Waals surface area (Å²) in [4.78, 5) is 0. The van der Waals surface area contributed by atoms with E-state index >= 15 is 4.39 Å². The third-order valence-corrected chi connectivity index (χ3v) is 6.71. The lowest BCUT2D eigenvalue weighted by atomic mass is 9.99. The van der Waals surface area contributed by atoms with Crippen molar-refractivity contribution in [1.29, 1.82) is 0 Å². The Labute approximate surface area is 210 Å². The van der Waals surface area contributed by atoms with Gasteiger partial charge in [0.25, 0.3) is 0 Å². The van der Waals surface area contributed by atoms with Gasteiger partial charge in [-0.05, 0) is 78.9 Å². The summed E-state index contributed by atoms with van der Waals surface area (Å²) in [6.07, 6.45) is 8.84. The predicted octanol–water partition coefficient (Wildman–Crippen LogP) is 8.99. The van der Waals surface area contributed by atoms with E-state index in [2.05, 4.69) is 74.2 Å². The summed E-state index contributed by atoms with van der Waals surface area (Å²) in [7, 11) is 0. The molecule has 0 N–H and O–H groups in total. The zero-order valence-electron chi connectivity index (χ0n) is 21.0. The molecule has 0 spiro atoms. The van der Waals surface area contributed by atoms with Crippen molar-refractivity contribution < 1.29 is 4.39 Å². The van der Waals surface area contributed by atoms with Crippen LogP contribution in [0, 0.1) is 24.6 Å². The highest BCUT2D eigenvalue weighted by Crippen LogP contribution is 2.24. The van der Waals surface area contributed by atoms with Gasteiger partial charge in [0.05, 0.1) is 0 Å². The Morgan fingerprint density at radius 1 is 0.629 bits per heavy atom. The van der Waals surface area contributed by atoms with Gasteiger partial charge < -0.3 is 0 Å². The van der Waals surface area contributed by atoms with Crippen LogP contribution in [0.3, 0.4) is 0 Å². The third kappa shape index (κ3) is 7.06. The standard InChI is InChI=1S/C34H35F/c1-3-4-5-6-7-8-31-22-23-32-25-30(21-24-33(32)34(31)35)20-19-29-17-15-28(16-18-29)14-13-27-11-9-26(2)10-12-27/h9-12,15-18,21-25H,3-8,13-14H2,1-2H3. The molecular formula is C34H35F. The van der Waals surface area contributed by atoms with E-state index in [0.29, 0.717) is 5.39 Å². The number of fused-ring (bicyclic) bond motifs is 1. The van der Waals surface area contributed by atoms with E-state index < -0.39 is 0 Å². The van der Waals surface area contributed by atoms with Crippen molar-refractivity contribution in [3.8, 4) is 11.8 Å². The van der Waals surface area contributed by atoms with Crippen molar-refractivity contribution in [2.75, 3.05) is 0 Å². The van der Waals surface area contributed by atoms with Gasteiger partial charge in [0.1, 0.15) is 5.82 Å². The van der Waals surface area contributed by atoms with Crippen molar-refractivity contribution in [2.24, 2.45) is 0 Å². The van der Waals surface area contributed by atoms with Gasteiger partial charge in [-0.2, -0.15) is 0 Å². The second-order valence-corrected chi connectivity index (χ2v) is 9.57. The Balaban J connectivity index is 1.38. The summed E-state index contributed by atoms with van der Waals surface area (Å²) in [5.41, 5.74) is 6.72. The summed E-state index contributed by atoms with van der Waals surface area (Å²) in [6, 6.07) is 27.0. The van der Waals surface area contributed by atoms with E-state index in [1.807, 2.05) is 30.3 Å².